The average molecular weight is 584 g/mol. The Morgan fingerprint density at radius 3 is 2.68 bits per heavy atom. The molecule has 204 valence electrons. The van der Waals surface area contributed by atoms with Crippen LogP contribution in [0.1, 0.15) is 27.0 Å². The van der Waals surface area contributed by atoms with E-state index in [-0.39, 0.29) is 22.4 Å². The third kappa shape index (κ3) is 6.61. The molecule has 12 nitrogen and oxygen atoms in total. The molecule has 6 atom stereocenters. The minimum atomic E-state index is -3.35. The van der Waals surface area contributed by atoms with E-state index in [1.54, 1.807) is 6.92 Å². The van der Waals surface area contributed by atoms with Crippen molar-refractivity contribution >= 4 is 37.3 Å². The van der Waals surface area contributed by atoms with Gasteiger partial charge in [0.2, 0.25) is 0 Å². The van der Waals surface area contributed by atoms with Crippen molar-refractivity contribution in [1.82, 2.24) is 14.4 Å². The van der Waals surface area contributed by atoms with Gasteiger partial charge >= 0.3 is 19.8 Å². The zero-order valence-corrected chi connectivity index (χ0v) is 22.4. The Morgan fingerprint density at radius 1 is 1.35 bits per heavy atom. The highest BCUT2D eigenvalue weighted by Crippen LogP contribution is 2.42. The van der Waals surface area contributed by atoms with Crippen LogP contribution in [0.4, 0.5) is 4.39 Å². The maximum absolute atomic E-state index is 15.4. The number of hydroxylamine groups is 1. The molecule has 37 heavy (non-hydrogen) atoms. The Hall–Kier alpha value is -2.25. The summed E-state index contributed by atoms with van der Waals surface area (Å²) in [4.78, 5) is 44.1. The molecule has 0 spiro atoms. The number of halogens is 3. The van der Waals surface area contributed by atoms with Crippen molar-refractivity contribution in [2.75, 3.05) is 13.2 Å². The molecular formula is C21H25Cl2FN3O9P. The second kappa shape index (κ2) is 12.1. The summed E-state index contributed by atoms with van der Waals surface area (Å²) in [7, 11) is -3.35. The number of alkyl halides is 1. The van der Waals surface area contributed by atoms with E-state index in [4.69, 9.17) is 42.0 Å². The van der Waals surface area contributed by atoms with Crippen molar-refractivity contribution in [3.63, 3.8) is 0 Å². The van der Waals surface area contributed by atoms with Crippen molar-refractivity contribution < 1.29 is 37.7 Å². The number of ether oxygens (including phenoxy) is 2. The molecule has 2 unspecified atom stereocenters. The van der Waals surface area contributed by atoms with Crippen molar-refractivity contribution in [2.24, 2.45) is 0 Å². The smallest absolute Gasteiger partial charge is 0.331 e. The molecule has 0 bridgehead atoms. The Kier molecular flexibility index (Phi) is 9.57. The summed E-state index contributed by atoms with van der Waals surface area (Å²) in [6.45, 7) is 3.36. The number of aromatic amines is 1. The number of aliphatic hydroxyl groups excluding tert-OH is 1. The second-order valence-electron chi connectivity index (χ2n) is 8.13. The van der Waals surface area contributed by atoms with Gasteiger partial charge in [-0.15, -0.1) is 0 Å². The lowest BCUT2D eigenvalue weighted by Crippen LogP contribution is -2.44. The van der Waals surface area contributed by atoms with Gasteiger partial charge in [0.1, 0.15) is 24.0 Å². The fourth-order valence-electron chi connectivity index (χ4n) is 3.48. The molecule has 0 amide bonds. The molecule has 16 heteroatoms. The van der Waals surface area contributed by atoms with Crippen molar-refractivity contribution in [2.45, 2.75) is 50.9 Å². The molecule has 1 fully saturated rings. The summed E-state index contributed by atoms with van der Waals surface area (Å²) >= 11 is 11.8. The van der Waals surface area contributed by atoms with E-state index in [9.17, 15) is 24.1 Å². The Bertz CT molecular complexity index is 1270. The molecule has 0 saturated carbocycles. The largest absolute Gasteiger partial charge is 0.465 e. The van der Waals surface area contributed by atoms with E-state index < -0.39 is 62.2 Å². The van der Waals surface area contributed by atoms with Crippen LogP contribution in [0.25, 0.3) is 0 Å². The topological polar surface area (TPSA) is 149 Å². The summed E-state index contributed by atoms with van der Waals surface area (Å²) < 4.78 is 45.2. The fourth-order valence-corrected chi connectivity index (χ4v) is 4.79. The van der Waals surface area contributed by atoms with Gasteiger partial charge in [0.25, 0.3) is 5.56 Å². The number of benzene rings is 1. The highest BCUT2D eigenvalue weighted by atomic mass is 35.5. The number of carbonyl (C=O) groups is 1. The first-order chi connectivity index (χ1) is 17.4. The maximum Gasteiger partial charge on any atom is 0.331 e. The predicted molar refractivity (Wildman–Crippen MR) is 131 cm³/mol. The first-order valence-electron chi connectivity index (χ1n) is 11.0. The van der Waals surface area contributed by atoms with E-state index in [2.05, 4.69) is 0 Å². The molecule has 1 aliphatic heterocycles. The van der Waals surface area contributed by atoms with Gasteiger partial charge in [0, 0.05) is 18.3 Å². The summed E-state index contributed by atoms with van der Waals surface area (Å²) in [6, 6.07) is 3.87. The number of esters is 1. The van der Waals surface area contributed by atoms with E-state index in [0.29, 0.717) is 0 Å². The molecule has 2 heterocycles. The monoisotopic (exact) mass is 583 g/mol. The zero-order valence-electron chi connectivity index (χ0n) is 19.9. The zero-order chi connectivity index (χ0) is 27.5. The molecule has 2 N–H and O–H groups in total. The molecular weight excluding hydrogens is 559 g/mol. The first kappa shape index (κ1) is 29.3. The molecule has 0 aliphatic carbocycles. The van der Waals surface area contributed by atoms with Crippen LogP contribution in [0, 0.1) is 0 Å². The third-order valence-electron chi connectivity index (χ3n) is 5.45. The van der Waals surface area contributed by atoms with Gasteiger partial charge in [-0.3, -0.25) is 28.5 Å². The number of hydrogen-bond acceptors (Lipinski definition) is 9. The number of aromatic nitrogens is 2. The van der Waals surface area contributed by atoms with Crippen molar-refractivity contribution in [3.8, 4) is 5.75 Å². The first-order valence-corrected chi connectivity index (χ1v) is 13.0. The number of rotatable bonds is 10. The molecule has 3 rings (SSSR count). The van der Waals surface area contributed by atoms with Gasteiger partial charge in [-0.2, -0.15) is 0 Å². The molecule has 1 aliphatic rings. The quantitative estimate of drug-likeness (QED) is 0.242. The van der Waals surface area contributed by atoms with E-state index in [1.165, 1.54) is 25.1 Å². The SMILES string of the molecule is CCOC(=O)C(C)N(OC[C@H]1O[C@@H](n2ccc(=O)[nH]c2=O)[C@](C)(F)[C@@H]1O)[PH](=O)Oc1ccc(Cl)c(Cl)c1. The van der Waals surface area contributed by atoms with Gasteiger partial charge in [0.15, 0.2) is 11.9 Å². The number of carbonyl (C=O) groups excluding carboxylic acids is 1. The van der Waals surface area contributed by atoms with Gasteiger partial charge in [-0.1, -0.05) is 28.0 Å². The fraction of sp³-hybridized carbons (Fsp3) is 0.476. The van der Waals surface area contributed by atoms with Crippen LogP contribution in [0.3, 0.4) is 0 Å². The number of aliphatic hydroxyl groups is 1. The van der Waals surface area contributed by atoms with Crippen LogP contribution in [-0.4, -0.2) is 62.6 Å². The van der Waals surface area contributed by atoms with Crippen LogP contribution in [-0.2, 0) is 23.7 Å². The second-order valence-corrected chi connectivity index (χ2v) is 10.1. The van der Waals surface area contributed by atoms with Crippen LogP contribution in [0.5, 0.6) is 5.75 Å². The van der Waals surface area contributed by atoms with Crippen LogP contribution >= 0.6 is 31.4 Å². The number of hydrogen-bond donors (Lipinski definition) is 2. The average Bonchev–Trinajstić information content (AvgIpc) is 3.05. The lowest BCUT2D eigenvalue weighted by molar-refractivity contribution is -0.180. The van der Waals surface area contributed by atoms with Crippen molar-refractivity contribution in [1.29, 1.82) is 0 Å². The lowest BCUT2D eigenvalue weighted by Gasteiger charge is -2.27. The normalized spacial score (nSPS) is 25.1. The molecule has 1 aromatic heterocycles. The molecule has 2 aromatic rings. The minimum absolute atomic E-state index is 0.0336. The molecule has 1 saturated heterocycles. The molecule has 1 aromatic carbocycles. The summed E-state index contributed by atoms with van der Waals surface area (Å²) in [5.74, 6) is -0.728. The van der Waals surface area contributed by atoms with Gasteiger partial charge < -0.3 is 19.1 Å². The van der Waals surface area contributed by atoms with Gasteiger partial charge in [0.05, 0.1) is 23.3 Å². The molecule has 0 radical (unpaired) electrons. The highest BCUT2D eigenvalue weighted by Gasteiger charge is 2.55. The van der Waals surface area contributed by atoms with Gasteiger partial charge in [-0.05, 0) is 32.9 Å². The Labute approximate surface area is 220 Å². The van der Waals surface area contributed by atoms with Crippen LogP contribution in [0.2, 0.25) is 10.0 Å². The van der Waals surface area contributed by atoms with E-state index >= 15 is 4.39 Å². The highest BCUT2D eigenvalue weighted by molar-refractivity contribution is 7.36. The van der Waals surface area contributed by atoms with Crippen molar-refractivity contribution in [3.05, 3.63) is 61.3 Å². The predicted octanol–water partition coefficient (Wildman–Crippen LogP) is 2.48. The van der Waals surface area contributed by atoms with Crippen LogP contribution < -0.4 is 15.8 Å². The summed E-state index contributed by atoms with van der Waals surface area (Å²) in [6.07, 6.45) is -3.79. The number of nitrogens with zero attached hydrogens (tertiary/aromatic N) is 2. The Balaban J connectivity index is 1.80. The van der Waals surface area contributed by atoms with Crippen LogP contribution in [0.15, 0.2) is 40.1 Å². The maximum atomic E-state index is 15.4. The number of H-pyrrole nitrogens is 1. The lowest BCUT2D eigenvalue weighted by atomic mass is 9.98. The third-order valence-corrected chi connectivity index (χ3v) is 7.48. The van der Waals surface area contributed by atoms with E-state index in [0.717, 1.165) is 28.6 Å². The summed E-state index contributed by atoms with van der Waals surface area (Å²) in [5, 5.41) is 10.9. The van der Waals surface area contributed by atoms with E-state index in [1.807, 2.05) is 4.98 Å². The Morgan fingerprint density at radius 2 is 2.05 bits per heavy atom. The van der Waals surface area contributed by atoms with Gasteiger partial charge in [-0.25, -0.2) is 9.18 Å². The number of nitrogens with one attached hydrogen (secondary N) is 1. The summed E-state index contributed by atoms with van der Waals surface area (Å²) in [5.41, 5.74) is -4.14. The minimum Gasteiger partial charge on any atom is -0.465 e. The standard InChI is InChI=1S/C21H25Cl2FN3O9P/c1-4-33-18(30)11(2)27(37(32)36-12-5-6-13(22)14(23)9-12)34-10-15-17(29)21(3,24)19(35-15)26-8-7-16(28)25-20(26)31/h5-9,11,15,17,19,29,37H,4,10H2,1-3H3,(H,25,28,31)/t11?,15-,17-,19-,21-/m1/s1.